The van der Waals surface area contributed by atoms with Crippen molar-refractivity contribution in [3.05, 3.63) is 41.4 Å². The van der Waals surface area contributed by atoms with E-state index >= 15 is 0 Å². The summed E-state index contributed by atoms with van der Waals surface area (Å²) < 4.78 is 24.4. The van der Waals surface area contributed by atoms with Crippen molar-refractivity contribution < 1.29 is 18.3 Å². The molecule has 2 aromatic rings. The Kier molecular flexibility index (Phi) is 3.79. The molecule has 1 aliphatic rings. The summed E-state index contributed by atoms with van der Waals surface area (Å²) in [6, 6.07) is 4.71. The molecule has 1 fully saturated rings. The molecule has 116 valence electrons. The molecule has 1 saturated heterocycles. The highest BCUT2D eigenvalue weighted by atomic mass is 19.1. The van der Waals surface area contributed by atoms with Gasteiger partial charge in [-0.3, -0.25) is 4.79 Å². The first kappa shape index (κ1) is 14.5. The Hall–Kier alpha value is -2.44. The molecule has 22 heavy (non-hydrogen) atoms. The number of likely N-dealkylation sites (tertiary alicyclic amines) is 1. The summed E-state index contributed by atoms with van der Waals surface area (Å²) in [4.78, 5) is 13.7. The predicted molar refractivity (Wildman–Crippen MR) is 74.8 cm³/mol. The molecule has 1 amide bonds. The summed E-state index contributed by atoms with van der Waals surface area (Å²) in [6.45, 7) is 2.38. The van der Waals surface area contributed by atoms with Gasteiger partial charge in [0.2, 0.25) is 17.7 Å². The largest absolute Gasteiger partial charge is 0.497 e. The molecule has 6 nitrogen and oxygen atoms in total. The zero-order chi connectivity index (χ0) is 15.7. The van der Waals surface area contributed by atoms with Crippen molar-refractivity contribution in [1.82, 2.24) is 15.1 Å². The van der Waals surface area contributed by atoms with E-state index in [-0.39, 0.29) is 30.6 Å². The van der Waals surface area contributed by atoms with Crippen LogP contribution in [0.15, 0.2) is 22.6 Å². The van der Waals surface area contributed by atoms with Crippen LogP contribution in [0.1, 0.15) is 29.7 Å². The van der Waals surface area contributed by atoms with E-state index < -0.39 is 0 Å². The molecule has 0 radical (unpaired) electrons. The number of benzene rings is 1. The third-order valence-electron chi connectivity index (χ3n) is 3.76. The van der Waals surface area contributed by atoms with E-state index in [9.17, 15) is 9.18 Å². The van der Waals surface area contributed by atoms with E-state index in [0.717, 1.165) is 0 Å². The van der Waals surface area contributed by atoms with Crippen LogP contribution in [-0.2, 0) is 11.3 Å². The van der Waals surface area contributed by atoms with Crippen LogP contribution in [0.3, 0.4) is 0 Å². The lowest BCUT2D eigenvalue weighted by atomic mass is 9.97. The van der Waals surface area contributed by atoms with Crippen LogP contribution >= 0.6 is 0 Å². The van der Waals surface area contributed by atoms with Gasteiger partial charge in [0.05, 0.1) is 13.7 Å². The fourth-order valence-corrected chi connectivity index (χ4v) is 2.66. The van der Waals surface area contributed by atoms with Gasteiger partial charge in [-0.25, -0.2) is 4.39 Å². The topological polar surface area (TPSA) is 68.5 Å². The second-order valence-electron chi connectivity index (χ2n) is 5.28. The predicted octanol–water partition coefficient (Wildman–Crippen LogP) is 2.04. The van der Waals surface area contributed by atoms with Crippen LogP contribution in [-0.4, -0.2) is 34.7 Å². The fourth-order valence-electron chi connectivity index (χ4n) is 2.66. The molecule has 0 spiro atoms. The van der Waals surface area contributed by atoms with Gasteiger partial charge < -0.3 is 14.1 Å². The first-order valence-corrected chi connectivity index (χ1v) is 6.97. The zero-order valence-electron chi connectivity index (χ0n) is 12.4. The molecule has 7 heteroatoms. The number of nitrogens with zero attached hydrogens (tertiary/aromatic N) is 3. The molecular formula is C15H16FN3O3. The van der Waals surface area contributed by atoms with Crippen LogP contribution in [0.5, 0.6) is 5.75 Å². The minimum Gasteiger partial charge on any atom is -0.497 e. The van der Waals surface area contributed by atoms with Crippen molar-refractivity contribution in [2.24, 2.45) is 0 Å². The Balaban J connectivity index is 1.74. The minimum absolute atomic E-state index is 0.0453. The number of ether oxygens (including phenoxy) is 1. The molecular weight excluding hydrogens is 289 g/mol. The van der Waals surface area contributed by atoms with Gasteiger partial charge >= 0.3 is 0 Å². The number of methoxy groups -OCH3 is 1. The molecule has 1 atom stereocenters. The number of carbonyl (C=O) groups excluding carboxylic acids is 1. The van der Waals surface area contributed by atoms with Gasteiger partial charge in [-0.15, -0.1) is 10.2 Å². The highest BCUT2D eigenvalue weighted by Crippen LogP contribution is 2.32. The maximum atomic E-state index is 14.1. The van der Waals surface area contributed by atoms with Crippen molar-refractivity contribution in [1.29, 1.82) is 0 Å². The maximum Gasteiger partial charge on any atom is 0.235 e. The molecule has 1 aliphatic heterocycles. The third kappa shape index (κ3) is 2.79. The quantitative estimate of drug-likeness (QED) is 0.864. The standard InChI is InChI=1S/C15H16FN3O3/c1-9-17-18-14(22-9)8-19-7-10(5-15(19)20)12-4-3-11(21-2)6-13(12)16/h3-4,6,10H,5,7-8H2,1-2H3. The molecule has 0 bridgehead atoms. The number of hydrogen-bond acceptors (Lipinski definition) is 5. The van der Waals surface area contributed by atoms with Crippen LogP contribution in [0.2, 0.25) is 0 Å². The summed E-state index contributed by atoms with van der Waals surface area (Å²) in [5.74, 6) is 0.732. The second kappa shape index (κ2) is 5.75. The fraction of sp³-hybridized carbons (Fsp3) is 0.400. The number of aromatic nitrogens is 2. The van der Waals surface area contributed by atoms with Gasteiger partial charge in [0, 0.05) is 31.9 Å². The Morgan fingerprint density at radius 2 is 2.27 bits per heavy atom. The number of hydrogen-bond donors (Lipinski definition) is 0. The van der Waals surface area contributed by atoms with E-state index in [1.54, 1.807) is 24.0 Å². The maximum absolute atomic E-state index is 14.1. The monoisotopic (exact) mass is 305 g/mol. The van der Waals surface area contributed by atoms with Crippen molar-refractivity contribution in [3.8, 4) is 5.75 Å². The van der Waals surface area contributed by atoms with E-state index in [2.05, 4.69) is 10.2 Å². The van der Waals surface area contributed by atoms with Gasteiger partial charge in [-0.05, 0) is 11.6 Å². The Morgan fingerprint density at radius 3 is 2.91 bits per heavy atom. The van der Waals surface area contributed by atoms with Gasteiger partial charge in [-0.2, -0.15) is 0 Å². The average Bonchev–Trinajstić information content (AvgIpc) is 3.06. The number of halogens is 1. The highest BCUT2D eigenvalue weighted by Gasteiger charge is 2.33. The van der Waals surface area contributed by atoms with Gasteiger partial charge in [0.25, 0.3) is 0 Å². The van der Waals surface area contributed by atoms with Crippen LogP contribution in [0.25, 0.3) is 0 Å². The van der Waals surface area contributed by atoms with Crippen molar-refractivity contribution >= 4 is 5.91 Å². The Bertz CT molecular complexity index is 701. The second-order valence-corrected chi connectivity index (χ2v) is 5.28. The molecule has 2 heterocycles. The highest BCUT2D eigenvalue weighted by molar-refractivity contribution is 5.79. The first-order chi connectivity index (χ1) is 10.6. The number of amides is 1. The van der Waals surface area contributed by atoms with Crippen LogP contribution in [0, 0.1) is 12.7 Å². The number of carbonyl (C=O) groups is 1. The Labute approximate surface area is 126 Å². The first-order valence-electron chi connectivity index (χ1n) is 6.97. The minimum atomic E-state index is -0.354. The summed E-state index contributed by atoms with van der Waals surface area (Å²) in [7, 11) is 1.49. The number of rotatable bonds is 4. The normalized spacial score (nSPS) is 18.0. The summed E-state index contributed by atoms with van der Waals surface area (Å²) in [5, 5.41) is 7.62. The van der Waals surface area contributed by atoms with Crippen LogP contribution < -0.4 is 4.74 Å². The molecule has 1 aromatic carbocycles. The molecule has 0 aliphatic carbocycles. The summed E-state index contributed by atoms with van der Waals surface area (Å²) in [5.41, 5.74) is 0.526. The lowest BCUT2D eigenvalue weighted by Crippen LogP contribution is -2.24. The summed E-state index contributed by atoms with van der Waals surface area (Å²) >= 11 is 0. The van der Waals surface area contributed by atoms with Gasteiger partial charge in [0.1, 0.15) is 11.6 Å². The van der Waals surface area contributed by atoms with Crippen molar-refractivity contribution in [2.45, 2.75) is 25.8 Å². The average molecular weight is 305 g/mol. The van der Waals surface area contributed by atoms with Crippen LogP contribution in [0.4, 0.5) is 4.39 Å². The van der Waals surface area contributed by atoms with E-state index in [4.69, 9.17) is 9.15 Å². The molecule has 1 aromatic heterocycles. The molecule has 3 rings (SSSR count). The third-order valence-corrected chi connectivity index (χ3v) is 3.76. The van der Waals surface area contributed by atoms with E-state index in [0.29, 0.717) is 29.6 Å². The smallest absolute Gasteiger partial charge is 0.235 e. The zero-order valence-corrected chi connectivity index (χ0v) is 12.4. The van der Waals surface area contributed by atoms with Gasteiger partial charge in [0.15, 0.2) is 0 Å². The molecule has 1 unspecified atom stereocenters. The molecule has 0 saturated carbocycles. The van der Waals surface area contributed by atoms with Gasteiger partial charge in [-0.1, -0.05) is 6.07 Å². The van der Waals surface area contributed by atoms with Crippen molar-refractivity contribution in [2.75, 3.05) is 13.7 Å². The SMILES string of the molecule is COc1ccc(C2CC(=O)N(Cc3nnc(C)o3)C2)c(F)c1. The lowest BCUT2D eigenvalue weighted by molar-refractivity contribution is -0.128. The van der Waals surface area contributed by atoms with E-state index in [1.807, 2.05) is 0 Å². The number of aryl methyl sites for hydroxylation is 1. The van der Waals surface area contributed by atoms with E-state index in [1.165, 1.54) is 13.2 Å². The Morgan fingerprint density at radius 1 is 1.45 bits per heavy atom. The van der Waals surface area contributed by atoms with Crippen molar-refractivity contribution in [3.63, 3.8) is 0 Å². The molecule has 0 N–H and O–H groups in total. The lowest BCUT2D eigenvalue weighted by Gasteiger charge is -2.15. The summed E-state index contributed by atoms with van der Waals surface area (Å²) in [6.07, 6.45) is 0.274.